The van der Waals surface area contributed by atoms with Crippen molar-refractivity contribution >= 4 is 27.9 Å². The monoisotopic (exact) mass is 564 g/mol. The van der Waals surface area contributed by atoms with Crippen LogP contribution in [-0.4, -0.2) is 40.5 Å². The third kappa shape index (κ3) is 7.38. The van der Waals surface area contributed by atoms with Crippen LogP contribution in [0.15, 0.2) is 89.4 Å². The molecule has 0 unspecified atom stereocenters. The molecule has 0 bridgehead atoms. The average molecular weight is 565 g/mol. The highest BCUT2D eigenvalue weighted by molar-refractivity contribution is 9.10. The lowest BCUT2D eigenvalue weighted by Crippen LogP contribution is -2.08. The molecular weight excluding hydrogens is 536 g/mol. The van der Waals surface area contributed by atoms with E-state index in [0.29, 0.717) is 30.2 Å². The number of rotatable bonds is 9. The van der Waals surface area contributed by atoms with Gasteiger partial charge in [-0.15, -0.1) is 0 Å². The topological polar surface area (TPSA) is 90.6 Å². The zero-order chi connectivity index (χ0) is 26.6. The first-order chi connectivity index (χ1) is 18.0. The Labute approximate surface area is 224 Å². The first-order valence-corrected chi connectivity index (χ1v) is 12.6. The first kappa shape index (κ1) is 27.8. The van der Waals surface area contributed by atoms with Crippen LogP contribution in [0.1, 0.15) is 40.5 Å². The van der Waals surface area contributed by atoms with Gasteiger partial charge in [0.05, 0.1) is 27.9 Å². The highest BCUT2D eigenvalue weighted by atomic mass is 79.9. The van der Waals surface area contributed by atoms with Gasteiger partial charge in [-0.1, -0.05) is 80.1 Å². The number of ether oxygens (including phenoxy) is 2. The second-order valence-electron chi connectivity index (χ2n) is 8.00. The maximum Gasteiger partial charge on any atom is 0.338 e. The SMILES string of the molecule is CCCCOC(=O)c1ccccc1-c1nn(COC)c(-c2ccccc2)c1Br.O=C(O)c1ccccc1. The zero-order valence-electron chi connectivity index (χ0n) is 20.8. The van der Waals surface area contributed by atoms with Crippen molar-refractivity contribution in [3.05, 3.63) is 101 Å². The van der Waals surface area contributed by atoms with Gasteiger partial charge in [0.2, 0.25) is 0 Å². The quantitative estimate of drug-likeness (QED) is 0.175. The highest BCUT2D eigenvalue weighted by Gasteiger charge is 2.23. The summed E-state index contributed by atoms with van der Waals surface area (Å²) in [6.45, 7) is 2.77. The lowest BCUT2D eigenvalue weighted by atomic mass is 10.0. The Morgan fingerprint density at radius 3 is 2.16 bits per heavy atom. The summed E-state index contributed by atoms with van der Waals surface area (Å²) in [6, 6.07) is 25.6. The van der Waals surface area contributed by atoms with Crippen molar-refractivity contribution in [1.29, 1.82) is 0 Å². The van der Waals surface area contributed by atoms with Gasteiger partial charge < -0.3 is 14.6 Å². The number of benzene rings is 3. The van der Waals surface area contributed by atoms with E-state index in [0.717, 1.165) is 34.1 Å². The Morgan fingerprint density at radius 2 is 1.57 bits per heavy atom. The van der Waals surface area contributed by atoms with E-state index in [1.807, 2.05) is 48.5 Å². The largest absolute Gasteiger partial charge is 0.478 e. The molecule has 37 heavy (non-hydrogen) atoms. The molecule has 0 amide bonds. The van der Waals surface area contributed by atoms with Crippen molar-refractivity contribution in [1.82, 2.24) is 9.78 Å². The summed E-state index contributed by atoms with van der Waals surface area (Å²) in [5.74, 6) is -1.21. The third-order valence-electron chi connectivity index (χ3n) is 5.35. The lowest BCUT2D eigenvalue weighted by molar-refractivity contribution is 0.0500. The maximum atomic E-state index is 12.6. The van der Waals surface area contributed by atoms with E-state index in [2.05, 4.69) is 22.9 Å². The second-order valence-corrected chi connectivity index (χ2v) is 8.79. The predicted octanol–water partition coefficient (Wildman–Crippen LogP) is 6.93. The molecule has 0 radical (unpaired) electrons. The van der Waals surface area contributed by atoms with Crippen LogP contribution >= 0.6 is 15.9 Å². The number of carboxylic acid groups (broad SMARTS) is 1. The van der Waals surface area contributed by atoms with Crippen molar-refractivity contribution in [3.8, 4) is 22.5 Å². The van der Waals surface area contributed by atoms with E-state index >= 15 is 0 Å². The predicted molar refractivity (Wildman–Crippen MR) is 146 cm³/mol. The number of halogens is 1. The number of hydrogen-bond acceptors (Lipinski definition) is 5. The maximum absolute atomic E-state index is 12.6. The zero-order valence-corrected chi connectivity index (χ0v) is 22.3. The number of methoxy groups -OCH3 is 1. The lowest BCUT2D eigenvalue weighted by Gasteiger charge is -2.08. The van der Waals surface area contributed by atoms with Gasteiger partial charge in [0.1, 0.15) is 12.4 Å². The Balaban J connectivity index is 0.000000356. The minimum absolute atomic E-state index is 0.298. The molecule has 7 nitrogen and oxygen atoms in total. The number of aromatic carboxylic acids is 1. The standard InChI is InChI=1S/C22H23BrN2O3.C7H6O2/c1-3-4-14-28-22(26)18-13-9-8-12-17(18)20-19(23)21(25(24-20)15-27-2)16-10-6-5-7-11-16;8-7(9)6-4-2-1-3-5-6/h5-13H,3-4,14-15H2,1-2H3;1-5H,(H,8,9). The molecule has 192 valence electrons. The van der Waals surface area contributed by atoms with Gasteiger partial charge in [0.25, 0.3) is 0 Å². The Kier molecular flexibility index (Phi) is 10.6. The van der Waals surface area contributed by atoms with Crippen LogP contribution in [0.3, 0.4) is 0 Å². The normalized spacial score (nSPS) is 10.4. The van der Waals surface area contributed by atoms with Crippen LogP contribution < -0.4 is 0 Å². The molecule has 0 saturated heterocycles. The summed E-state index contributed by atoms with van der Waals surface area (Å²) in [5.41, 5.74) is 4.14. The molecule has 1 heterocycles. The van der Waals surface area contributed by atoms with Gasteiger partial charge in [-0.2, -0.15) is 5.10 Å². The summed E-state index contributed by atoms with van der Waals surface area (Å²) in [6.07, 6.45) is 1.82. The molecule has 0 aliphatic heterocycles. The minimum Gasteiger partial charge on any atom is -0.478 e. The second kappa shape index (κ2) is 14.1. The molecule has 0 fully saturated rings. The first-order valence-electron chi connectivity index (χ1n) is 11.8. The summed E-state index contributed by atoms with van der Waals surface area (Å²) >= 11 is 3.70. The van der Waals surface area contributed by atoms with Gasteiger partial charge in [-0.25, -0.2) is 14.3 Å². The van der Waals surface area contributed by atoms with Crippen molar-refractivity contribution in [2.75, 3.05) is 13.7 Å². The van der Waals surface area contributed by atoms with E-state index in [1.54, 1.807) is 48.2 Å². The van der Waals surface area contributed by atoms with Crippen LogP contribution in [0, 0.1) is 0 Å². The average Bonchev–Trinajstić information content (AvgIpc) is 3.25. The molecule has 0 atom stereocenters. The summed E-state index contributed by atoms with van der Waals surface area (Å²) < 4.78 is 13.3. The van der Waals surface area contributed by atoms with Gasteiger partial charge in [-0.05, 0) is 40.5 Å². The van der Waals surface area contributed by atoms with Crippen LogP contribution in [0.4, 0.5) is 0 Å². The van der Waals surface area contributed by atoms with Crippen LogP contribution in [0.2, 0.25) is 0 Å². The smallest absolute Gasteiger partial charge is 0.338 e. The Hall–Kier alpha value is -3.75. The van der Waals surface area contributed by atoms with Crippen molar-refractivity contribution in [2.45, 2.75) is 26.5 Å². The molecule has 8 heteroatoms. The van der Waals surface area contributed by atoms with Crippen molar-refractivity contribution in [2.24, 2.45) is 0 Å². The highest BCUT2D eigenvalue weighted by Crippen LogP contribution is 2.38. The van der Waals surface area contributed by atoms with E-state index in [9.17, 15) is 9.59 Å². The van der Waals surface area contributed by atoms with Crippen LogP contribution in [0.5, 0.6) is 0 Å². The van der Waals surface area contributed by atoms with E-state index in [1.165, 1.54) is 0 Å². The molecule has 0 aliphatic rings. The van der Waals surface area contributed by atoms with E-state index in [-0.39, 0.29) is 5.97 Å². The number of aromatic nitrogens is 2. The number of carbonyl (C=O) groups is 2. The van der Waals surface area contributed by atoms with Gasteiger partial charge in [0, 0.05) is 18.2 Å². The van der Waals surface area contributed by atoms with Gasteiger partial charge in [0.15, 0.2) is 0 Å². The molecule has 0 aliphatic carbocycles. The number of hydrogen-bond donors (Lipinski definition) is 1. The fourth-order valence-corrected chi connectivity index (χ4v) is 4.26. The minimum atomic E-state index is -0.879. The number of carbonyl (C=O) groups excluding carboxylic acids is 1. The van der Waals surface area contributed by atoms with Gasteiger partial charge in [-0.3, -0.25) is 0 Å². The Bertz CT molecular complexity index is 1310. The summed E-state index contributed by atoms with van der Waals surface area (Å²) in [5, 5.41) is 13.1. The molecule has 1 aromatic heterocycles. The van der Waals surface area contributed by atoms with E-state index < -0.39 is 5.97 Å². The summed E-state index contributed by atoms with van der Waals surface area (Å²) in [4.78, 5) is 22.8. The fourth-order valence-electron chi connectivity index (χ4n) is 3.53. The molecule has 4 rings (SSSR count). The molecule has 0 spiro atoms. The molecule has 4 aromatic rings. The number of carboxylic acids is 1. The molecule has 0 saturated carbocycles. The van der Waals surface area contributed by atoms with Gasteiger partial charge >= 0.3 is 11.9 Å². The van der Waals surface area contributed by atoms with Crippen molar-refractivity contribution < 1.29 is 24.2 Å². The molecular formula is C29H29BrN2O5. The number of unbranched alkanes of at least 4 members (excludes halogenated alkanes) is 1. The molecule has 1 N–H and O–H groups in total. The van der Waals surface area contributed by atoms with Crippen LogP contribution in [0.25, 0.3) is 22.5 Å². The fraction of sp³-hybridized carbons (Fsp3) is 0.207. The van der Waals surface area contributed by atoms with E-state index in [4.69, 9.17) is 19.7 Å². The summed E-state index contributed by atoms with van der Waals surface area (Å²) in [7, 11) is 1.63. The number of esters is 1. The number of nitrogens with zero attached hydrogens (tertiary/aromatic N) is 2. The third-order valence-corrected chi connectivity index (χ3v) is 6.10. The van der Waals surface area contributed by atoms with Crippen molar-refractivity contribution in [3.63, 3.8) is 0 Å². The molecule has 3 aromatic carbocycles. The Morgan fingerprint density at radius 1 is 0.946 bits per heavy atom. The van der Waals surface area contributed by atoms with Crippen LogP contribution in [-0.2, 0) is 16.2 Å².